The summed E-state index contributed by atoms with van der Waals surface area (Å²) in [5.74, 6) is 2.17. The number of fused-ring (bicyclic) bond motifs is 1. The van der Waals surface area contributed by atoms with E-state index in [1.165, 1.54) is 42.1 Å². The molecule has 1 saturated carbocycles. The quantitative estimate of drug-likeness (QED) is 0.784. The van der Waals surface area contributed by atoms with Crippen molar-refractivity contribution in [1.29, 1.82) is 5.26 Å². The van der Waals surface area contributed by atoms with E-state index in [2.05, 4.69) is 17.3 Å². The maximum atomic E-state index is 9.09. The van der Waals surface area contributed by atoms with Crippen molar-refractivity contribution in [2.75, 3.05) is 31.1 Å². The van der Waals surface area contributed by atoms with Gasteiger partial charge in [0.1, 0.15) is 0 Å². The molecule has 22 heavy (non-hydrogen) atoms. The summed E-state index contributed by atoms with van der Waals surface area (Å²) in [5, 5.41) is 10.3. The second-order valence-electron chi connectivity index (χ2n) is 7.14. The van der Waals surface area contributed by atoms with Crippen molar-refractivity contribution in [2.45, 2.75) is 44.4 Å². The molecule has 4 nitrogen and oxygen atoms in total. The predicted molar refractivity (Wildman–Crippen MR) is 88.9 cm³/mol. The molecule has 0 amide bonds. The van der Waals surface area contributed by atoms with Gasteiger partial charge >= 0.3 is 0 Å². The van der Waals surface area contributed by atoms with E-state index in [9.17, 15) is 0 Å². The van der Waals surface area contributed by atoms with E-state index in [1.807, 2.05) is 16.2 Å². The first-order valence-electron chi connectivity index (χ1n) is 8.69. The molecule has 0 aromatic carbocycles. The number of nitriles is 1. The van der Waals surface area contributed by atoms with Crippen LogP contribution < -0.4 is 4.90 Å². The Labute approximate surface area is 136 Å². The third kappa shape index (κ3) is 2.69. The highest BCUT2D eigenvalue weighted by atomic mass is 32.1. The highest BCUT2D eigenvalue weighted by Crippen LogP contribution is 2.40. The van der Waals surface area contributed by atoms with Crippen molar-refractivity contribution in [1.82, 2.24) is 9.88 Å². The summed E-state index contributed by atoms with van der Waals surface area (Å²) in [4.78, 5) is 10.6. The molecule has 2 atom stereocenters. The van der Waals surface area contributed by atoms with Gasteiger partial charge in [-0.05, 0) is 37.0 Å². The molecule has 1 aliphatic carbocycles. The first kappa shape index (κ1) is 14.3. The van der Waals surface area contributed by atoms with Crippen LogP contribution in [0.15, 0.2) is 6.20 Å². The van der Waals surface area contributed by atoms with Crippen LogP contribution in [-0.4, -0.2) is 36.1 Å². The average Bonchev–Trinajstić information content (AvgIpc) is 3.21. The van der Waals surface area contributed by atoms with Gasteiger partial charge in [-0.3, -0.25) is 0 Å². The summed E-state index contributed by atoms with van der Waals surface area (Å²) in [6.07, 6.45) is 12.5. The molecule has 2 saturated heterocycles. The Kier molecular flexibility index (Phi) is 3.96. The monoisotopic (exact) mass is 316 g/mol. The number of thiazole rings is 1. The van der Waals surface area contributed by atoms with Crippen LogP contribution in [0.3, 0.4) is 0 Å². The normalized spacial score (nSPS) is 29.4. The summed E-state index contributed by atoms with van der Waals surface area (Å²) in [6, 6.07) is 0. The van der Waals surface area contributed by atoms with Crippen molar-refractivity contribution in [2.24, 2.45) is 11.8 Å². The fourth-order valence-electron chi connectivity index (χ4n) is 4.41. The minimum atomic E-state index is 0.649. The molecular formula is C17H24N4S. The van der Waals surface area contributed by atoms with Gasteiger partial charge < -0.3 is 9.80 Å². The highest BCUT2D eigenvalue weighted by Gasteiger charge is 2.38. The fourth-order valence-corrected chi connectivity index (χ4v) is 5.52. The summed E-state index contributed by atoms with van der Waals surface area (Å²) >= 11 is 1.92. The van der Waals surface area contributed by atoms with Gasteiger partial charge in [0.2, 0.25) is 0 Å². The first-order chi connectivity index (χ1) is 10.8. The summed E-state index contributed by atoms with van der Waals surface area (Å²) in [7, 11) is 0. The van der Waals surface area contributed by atoms with Crippen LogP contribution in [0.25, 0.3) is 0 Å². The molecular weight excluding hydrogens is 292 g/mol. The van der Waals surface area contributed by atoms with Gasteiger partial charge in [0.05, 0.1) is 0 Å². The lowest BCUT2D eigenvalue weighted by Gasteiger charge is -2.30. The van der Waals surface area contributed by atoms with Gasteiger partial charge in [-0.25, -0.2) is 4.98 Å². The van der Waals surface area contributed by atoms with Crippen LogP contribution >= 0.6 is 11.3 Å². The Morgan fingerprint density at radius 3 is 2.73 bits per heavy atom. The molecule has 0 radical (unpaired) electrons. The van der Waals surface area contributed by atoms with Gasteiger partial charge in [0.15, 0.2) is 11.3 Å². The summed E-state index contributed by atoms with van der Waals surface area (Å²) < 4.78 is 0. The lowest BCUT2D eigenvalue weighted by atomic mass is 9.89. The molecule has 0 bridgehead atoms. The van der Waals surface area contributed by atoms with Gasteiger partial charge in [-0.15, -0.1) is 11.3 Å². The zero-order chi connectivity index (χ0) is 14.9. The van der Waals surface area contributed by atoms with Crippen LogP contribution in [0.1, 0.15) is 49.3 Å². The number of aromatic nitrogens is 1. The van der Waals surface area contributed by atoms with Crippen molar-refractivity contribution in [3.8, 4) is 6.19 Å². The number of hydrogen-bond acceptors (Lipinski definition) is 5. The molecule has 2 aliphatic heterocycles. The largest absolute Gasteiger partial charge is 0.347 e. The van der Waals surface area contributed by atoms with Crippen LogP contribution in [0.4, 0.5) is 5.13 Å². The van der Waals surface area contributed by atoms with Crippen LogP contribution in [0, 0.1) is 23.3 Å². The number of piperidine rings is 1. The van der Waals surface area contributed by atoms with E-state index >= 15 is 0 Å². The number of anilines is 1. The fraction of sp³-hybridized carbons (Fsp3) is 0.765. The van der Waals surface area contributed by atoms with Gasteiger partial charge in [0, 0.05) is 37.3 Å². The Morgan fingerprint density at radius 1 is 1.09 bits per heavy atom. The molecule has 4 rings (SSSR count). The van der Waals surface area contributed by atoms with Crippen molar-refractivity contribution >= 4 is 16.5 Å². The lowest BCUT2D eigenvalue weighted by Crippen LogP contribution is -2.36. The Bertz CT molecular complexity index is 557. The molecule has 1 aromatic rings. The van der Waals surface area contributed by atoms with Crippen molar-refractivity contribution < 1.29 is 0 Å². The maximum Gasteiger partial charge on any atom is 0.185 e. The molecule has 3 fully saturated rings. The van der Waals surface area contributed by atoms with Gasteiger partial charge in [-0.1, -0.05) is 19.3 Å². The Hall–Kier alpha value is -1.28. The SMILES string of the molecule is N#CN1CCC2CN(c3ncc(C4CCCCC4)s3)CC2C1. The number of hydrogen-bond donors (Lipinski definition) is 0. The molecule has 3 aliphatic rings. The zero-order valence-electron chi connectivity index (χ0n) is 13.1. The van der Waals surface area contributed by atoms with Crippen LogP contribution in [-0.2, 0) is 0 Å². The molecule has 0 N–H and O–H groups in total. The number of likely N-dealkylation sites (tertiary alicyclic amines) is 1. The Morgan fingerprint density at radius 2 is 1.91 bits per heavy atom. The van der Waals surface area contributed by atoms with Crippen molar-refractivity contribution in [3.63, 3.8) is 0 Å². The molecule has 0 spiro atoms. The van der Waals surface area contributed by atoms with E-state index in [0.717, 1.165) is 44.4 Å². The zero-order valence-corrected chi connectivity index (χ0v) is 13.9. The van der Waals surface area contributed by atoms with E-state index in [0.29, 0.717) is 5.92 Å². The lowest BCUT2D eigenvalue weighted by molar-refractivity contribution is 0.207. The second-order valence-corrected chi connectivity index (χ2v) is 8.18. The highest BCUT2D eigenvalue weighted by molar-refractivity contribution is 7.15. The van der Waals surface area contributed by atoms with Gasteiger partial charge in [0.25, 0.3) is 0 Å². The molecule has 1 aromatic heterocycles. The van der Waals surface area contributed by atoms with E-state index in [1.54, 1.807) is 0 Å². The smallest absolute Gasteiger partial charge is 0.185 e. The van der Waals surface area contributed by atoms with Gasteiger partial charge in [-0.2, -0.15) is 5.26 Å². The second kappa shape index (κ2) is 6.08. The summed E-state index contributed by atoms with van der Waals surface area (Å²) in [5.41, 5.74) is 0. The van der Waals surface area contributed by atoms with Crippen molar-refractivity contribution in [3.05, 3.63) is 11.1 Å². The van der Waals surface area contributed by atoms with E-state index < -0.39 is 0 Å². The third-order valence-corrected chi connectivity index (χ3v) is 6.95. The van der Waals surface area contributed by atoms with Crippen LogP contribution in [0.5, 0.6) is 0 Å². The molecule has 3 heterocycles. The number of rotatable bonds is 2. The average molecular weight is 316 g/mol. The Balaban J connectivity index is 1.43. The topological polar surface area (TPSA) is 43.2 Å². The van der Waals surface area contributed by atoms with E-state index in [4.69, 9.17) is 10.2 Å². The minimum Gasteiger partial charge on any atom is -0.347 e. The first-order valence-corrected chi connectivity index (χ1v) is 9.50. The maximum absolute atomic E-state index is 9.09. The summed E-state index contributed by atoms with van der Waals surface area (Å²) in [6.45, 7) is 4.11. The minimum absolute atomic E-state index is 0.649. The number of nitrogens with zero attached hydrogens (tertiary/aromatic N) is 4. The van der Waals surface area contributed by atoms with E-state index in [-0.39, 0.29) is 0 Å². The predicted octanol–water partition coefficient (Wildman–Crippen LogP) is 3.43. The van der Waals surface area contributed by atoms with Crippen LogP contribution in [0.2, 0.25) is 0 Å². The molecule has 118 valence electrons. The standard InChI is InChI=1S/C17H24N4S/c18-12-20-7-6-14-10-21(11-15(14)9-20)17-19-8-16(22-17)13-4-2-1-3-5-13/h8,13-15H,1-7,9-11H2. The molecule has 5 heteroatoms. The third-order valence-electron chi connectivity index (χ3n) is 5.73. The molecule has 2 unspecified atom stereocenters.